The molecule has 0 aromatic carbocycles. The van der Waals surface area contributed by atoms with Gasteiger partial charge in [-0.3, -0.25) is 9.69 Å². The Hall–Kier alpha value is -0.0300. The van der Waals surface area contributed by atoms with Crippen LogP contribution in [-0.2, 0) is 4.79 Å². The van der Waals surface area contributed by atoms with E-state index in [1.54, 1.807) is 6.92 Å². The highest BCUT2D eigenvalue weighted by molar-refractivity contribution is 5.85. The Morgan fingerprint density at radius 1 is 1.40 bits per heavy atom. The maximum Gasteiger partial charge on any atom is 0.320 e. The van der Waals surface area contributed by atoms with Crippen LogP contribution < -0.4 is 0 Å². The van der Waals surface area contributed by atoms with Crippen LogP contribution in [0.2, 0.25) is 0 Å². The van der Waals surface area contributed by atoms with Crippen molar-refractivity contribution in [2.75, 3.05) is 26.7 Å². The van der Waals surface area contributed by atoms with Crippen LogP contribution in [0.5, 0.6) is 0 Å². The fourth-order valence-electron chi connectivity index (χ4n) is 1.58. The molecule has 6 heteroatoms. The SMILES string of the molecule is CC(C(=O)O)N1CCN(C)[C@@H](C)C1.Cl.Cl. The Balaban J connectivity index is 0. The Morgan fingerprint density at radius 3 is 2.33 bits per heavy atom. The second-order valence-electron chi connectivity index (χ2n) is 3.84. The lowest BCUT2D eigenvalue weighted by atomic mass is 10.1. The maximum absolute atomic E-state index is 10.7. The molecule has 0 bridgehead atoms. The number of carboxylic acids is 1. The molecule has 1 rings (SSSR count). The molecule has 0 aromatic rings. The molecule has 0 amide bonds. The van der Waals surface area contributed by atoms with E-state index in [9.17, 15) is 4.79 Å². The van der Waals surface area contributed by atoms with Gasteiger partial charge in [-0.1, -0.05) is 0 Å². The van der Waals surface area contributed by atoms with Crippen molar-refractivity contribution >= 4 is 30.8 Å². The van der Waals surface area contributed by atoms with Crippen molar-refractivity contribution in [3.8, 4) is 0 Å². The first kappa shape index (κ1) is 17.4. The summed E-state index contributed by atoms with van der Waals surface area (Å²) in [6.45, 7) is 6.54. The van der Waals surface area contributed by atoms with Gasteiger partial charge in [-0.05, 0) is 20.9 Å². The summed E-state index contributed by atoms with van der Waals surface area (Å²) in [4.78, 5) is 15.0. The maximum atomic E-state index is 10.7. The number of likely N-dealkylation sites (N-methyl/N-ethyl adjacent to an activating group) is 1. The van der Waals surface area contributed by atoms with Gasteiger partial charge >= 0.3 is 5.97 Å². The van der Waals surface area contributed by atoms with Gasteiger partial charge in [-0.15, -0.1) is 24.8 Å². The first-order chi connectivity index (χ1) is 6.02. The lowest BCUT2D eigenvalue weighted by molar-refractivity contribution is -0.143. The fourth-order valence-corrected chi connectivity index (χ4v) is 1.58. The van der Waals surface area contributed by atoms with Gasteiger partial charge in [0.2, 0.25) is 0 Å². The number of halogens is 2. The second kappa shape index (κ2) is 7.28. The lowest BCUT2D eigenvalue weighted by Crippen LogP contribution is -2.54. The van der Waals surface area contributed by atoms with Crippen molar-refractivity contribution in [3.63, 3.8) is 0 Å². The molecule has 92 valence electrons. The highest BCUT2D eigenvalue weighted by atomic mass is 35.5. The number of hydrogen-bond donors (Lipinski definition) is 1. The molecule has 1 saturated heterocycles. The number of carboxylic acid groups (broad SMARTS) is 1. The number of aliphatic carboxylic acids is 1. The molecule has 0 saturated carbocycles. The summed E-state index contributed by atoms with van der Waals surface area (Å²) in [5, 5.41) is 8.83. The van der Waals surface area contributed by atoms with Crippen LogP contribution in [0.1, 0.15) is 13.8 Å². The van der Waals surface area contributed by atoms with Gasteiger partial charge < -0.3 is 10.0 Å². The average molecular weight is 259 g/mol. The third-order valence-electron chi connectivity index (χ3n) is 2.90. The quantitative estimate of drug-likeness (QED) is 0.801. The molecule has 1 unspecified atom stereocenters. The summed E-state index contributed by atoms with van der Waals surface area (Å²) < 4.78 is 0. The summed E-state index contributed by atoms with van der Waals surface area (Å²) in [6.07, 6.45) is 0. The largest absolute Gasteiger partial charge is 0.480 e. The molecule has 1 N–H and O–H groups in total. The van der Waals surface area contributed by atoms with E-state index in [2.05, 4.69) is 18.9 Å². The Kier molecular flexibility index (Phi) is 8.43. The van der Waals surface area contributed by atoms with E-state index in [1.165, 1.54) is 0 Å². The summed E-state index contributed by atoms with van der Waals surface area (Å²) in [6, 6.07) is 0.103. The number of rotatable bonds is 2. The summed E-state index contributed by atoms with van der Waals surface area (Å²) in [5.74, 6) is -0.725. The predicted octanol–water partition coefficient (Wildman–Crippen LogP) is 0.939. The summed E-state index contributed by atoms with van der Waals surface area (Å²) >= 11 is 0. The lowest BCUT2D eigenvalue weighted by Gasteiger charge is -2.39. The first-order valence-electron chi connectivity index (χ1n) is 4.69. The standard InChI is InChI=1S/C9H18N2O2.2ClH/c1-7-6-11(5-4-10(7)3)8(2)9(12)13;;/h7-8H,4-6H2,1-3H3,(H,12,13);2*1H/t7-,8?;;/m0../s1. The molecule has 1 heterocycles. The number of piperazine rings is 1. The van der Waals surface area contributed by atoms with E-state index >= 15 is 0 Å². The molecular formula is C9H20Cl2N2O2. The highest BCUT2D eigenvalue weighted by Gasteiger charge is 2.27. The molecule has 15 heavy (non-hydrogen) atoms. The van der Waals surface area contributed by atoms with Crippen LogP contribution in [0, 0.1) is 0 Å². The van der Waals surface area contributed by atoms with E-state index in [4.69, 9.17) is 5.11 Å². The molecule has 4 nitrogen and oxygen atoms in total. The molecule has 1 aliphatic rings. The Labute approximate surface area is 103 Å². The predicted molar refractivity (Wildman–Crippen MR) is 65.3 cm³/mol. The summed E-state index contributed by atoms with van der Waals surface area (Å²) in [5.41, 5.74) is 0. The van der Waals surface area contributed by atoms with Crippen LogP contribution in [0.4, 0.5) is 0 Å². The van der Waals surface area contributed by atoms with Crippen molar-refractivity contribution in [2.45, 2.75) is 25.9 Å². The molecule has 0 spiro atoms. The van der Waals surface area contributed by atoms with Crippen molar-refractivity contribution in [1.82, 2.24) is 9.80 Å². The van der Waals surface area contributed by atoms with Crippen molar-refractivity contribution in [2.24, 2.45) is 0 Å². The van der Waals surface area contributed by atoms with Gasteiger partial charge in [-0.2, -0.15) is 0 Å². The van der Waals surface area contributed by atoms with Gasteiger partial charge in [0.05, 0.1) is 0 Å². The fraction of sp³-hybridized carbons (Fsp3) is 0.889. The highest BCUT2D eigenvalue weighted by Crippen LogP contribution is 2.10. The van der Waals surface area contributed by atoms with Gasteiger partial charge in [0.25, 0.3) is 0 Å². The molecule has 1 aliphatic heterocycles. The molecular weight excluding hydrogens is 239 g/mol. The van der Waals surface area contributed by atoms with Crippen LogP contribution >= 0.6 is 24.8 Å². The van der Waals surface area contributed by atoms with Crippen molar-refractivity contribution in [1.29, 1.82) is 0 Å². The molecule has 2 atom stereocenters. The minimum absolute atomic E-state index is 0. The van der Waals surface area contributed by atoms with E-state index in [0.29, 0.717) is 6.04 Å². The molecule has 0 aliphatic carbocycles. The zero-order chi connectivity index (χ0) is 10.0. The van der Waals surface area contributed by atoms with Crippen LogP contribution in [0.25, 0.3) is 0 Å². The normalized spacial score (nSPS) is 24.9. The van der Waals surface area contributed by atoms with E-state index < -0.39 is 5.97 Å². The number of nitrogens with zero attached hydrogens (tertiary/aromatic N) is 2. The molecule has 0 aromatic heterocycles. The van der Waals surface area contributed by atoms with Crippen LogP contribution in [0.15, 0.2) is 0 Å². The smallest absolute Gasteiger partial charge is 0.320 e. The zero-order valence-corrected chi connectivity index (χ0v) is 11.0. The van der Waals surface area contributed by atoms with Crippen LogP contribution in [-0.4, -0.2) is 59.6 Å². The van der Waals surface area contributed by atoms with Gasteiger partial charge in [0, 0.05) is 25.7 Å². The third-order valence-corrected chi connectivity index (χ3v) is 2.90. The van der Waals surface area contributed by atoms with E-state index in [-0.39, 0.29) is 30.9 Å². The van der Waals surface area contributed by atoms with Gasteiger partial charge in [0.1, 0.15) is 6.04 Å². The van der Waals surface area contributed by atoms with Crippen molar-refractivity contribution in [3.05, 3.63) is 0 Å². The summed E-state index contributed by atoms with van der Waals surface area (Å²) in [7, 11) is 2.08. The first-order valence-corrected chi connectivity index (χ1v) is 4.69. The van der Waals surface area contributed by atoms with E-state index in [1.807, 2.05) is 4.90 Å². The second-order valence-corrected chi connectivity index (χ2v) is 3.84. The molecule has 0 radical (unpaired) electrons. The third kappa shape index (κ3) is 4.55. The Morgan fingerprint density at radius 2 is 1.93 bits per heavy atom. The Bertz CT molecular complexity index is 205. The minimum atomic E-state index is -0.725. The van der Waals surface area contributed by atoms with Crippen molar-refractivity contribution < 1.29 is 9.90 Å². The van der Waals surface area contributed by atoms with Gasteiger partial charge in [0.15, 0.2) is 0 Å². The number of carbonyl (C=O) groups is 1. The van der Waals surface area contributed by atoms with Gasteiger partial charge in [-0.25, -0.2) is 0 Å². The zero-order valence-electron chi connectivity index (χ0n) is 9.34. The number of hydrogen-bond acceptors (Lipinski definition) is 3. The topological polar surface area (TPSA) is 43.8 Å². The minimum Gasteiger partial charge on any atom is -0.480 e. The van der Waals surface area contributed by atoms with Crippen LogP contribution in [0.3, 0.4) is 0 Å². The van der Waals surface area contributed by atoms with E-state index in [0.717, 1.165) is 19.6 Å². The average Bonchev–Trinajstić information content (AvgIpc) is 2.08. The monoisotopic (exact) mass is 258 g/mol. The molecule has 1 fully saturated rings.